The zero-order valence-electron chi connectivity index (χ0n) is 27.6. The van der Waals surface area contributed by atoms with Crippen LogP contribution in [-0.4, -0.2) is 24.5 Å². The molecule has 0 saturated heterocycles. The van der Waals surface area contributed by atoms with Crippen molar-refractivity contribution in [1.29, 1.82) is 0 Å². The fraction of sp³-hybridized carbons (Fsp3) is 0.143. The second kappa shape index (κ2) is 11.0. The number of rotatable bonds is 4. The van der Waals surface area contributed by atoms with Crippen molar-refractivity contribution in [1.82, 2.24) is 24.5 Å². The first-order valence-electron chi connectivity index (χ1n) is 16.1. The van der Waals surface area contributed by atoms with Crippen molar-refractivity contribution in [2.75, 3.05) is 0 Å². The lowest BCUT2D eigenvalue weighted by molar-refractivity contribution is 1.14. The fourth-order valence-corrected chi connectivity index (χ4v) is 7.27. The molecule has 0 saturated carbocycles. The summed E-state index contributed by atoms with van der Waals surface area (Å²) in [5.41, 5.74) is 19.1. The van der Waals surface area contributed by atoms with Crippen molar-refractivity contribution < 1.29 is 0 Å². The van der Waals surface area contributed by atoms with Crippen LogP contribution in [0.3, 0.4) is 0 Å². The molecule has 0 aliphatic heterocycles. The van der Waals surface area contributed by atoms with E-state index in [0.29, 0.717) is 11.3 Å². The van der Waals surface area contributed by atoms with Crippen LogP contribution in [0, 0.1) is 41.5 Å². The van der Waals surface area contributed by atoms with Crippen molar-refractivity contribution in [2.24, 2.45) is 0 Å². The lowest BCUT2D eigenvalue weighted by Gasteiger charge is -2.17. The summed E-state index contributed by atoms with van der Waals surface area (Å²) in [4.78, 5) is 18.0. The van der Waals surface area contributed by atoms with Crippen LogP contribution in [0.1, 0.15) is 33.4 Å². The van der Waals surface area contributed by atoms with Gasteiger partial charge in [0.15, 0.2) is 11.3 Å². The molecule has 0 radical (unpaired) electrons. The molecule has 0 fully saturated rings. The highest BCUT2D eigenvalue weighted by Crippen LogP contribution is 2.40. The highest BCUT2D eigenvalue weighted by molar-refractivity contribution is 6.12. The van der Waals surface area contributed by atoms with Crippen LogP contribution < -0.4 is 0 Å². The molecule has 0 amide bonds. The first-order valence-corrected chi connectivity index (χ1v) is 16.1. The van der Waals surface area contributed by atoms with Gasteiger partial charge in [0.2, 0.25) is 0 Å². The van der Waals surface area contributed by atoms with Gasteiger partial charge in [-0.05, 0) is 134 Å². The molecule has 0 aliphatic carbocycles. The van der Waals surface area contributed by atoms with Crippen LogP contribution in [0.25, 0.3) is 72.3 Å². The van der Waals surface area contributed by atoms with E-state index in [0.717, 1.165) is 28.1 Å². The van der Waals surface area contributed by atoms with Gasteiger partial charge >= 0.3 is 0 Å². The van der Waals surface area contributed by atoms with Gasteiger partial charge in [0.25, 0.3) is 0 Å². The Morgan fingerprint density at radius 2 is 1.09 bits per heavy atom. The lowest BCUT2D eigenvalue weighted by Crippen LogP contribution is -2.00. The molecule has 0 N–H and O–H groups in total. The van der Waals surface area contributed by atoms with Crippen LogP contribution in [0.5, 0.6) is 0 Å². The lowest BCUT2D eigenvalue weighted by atomic mass is 9.89. The molecule has 5 aromatic carbocycles. The highest BCUT2D eigenvalue weighted by Gasteiger charge is 2.19. The number of aryl methyl sites for hydroxylation is 4. The number of nitrogens with zero attached hydrogens (tertiary/aromatic N) is 5. The molecule has 5 heteroatoms. The summed E-state index contributed by atoms with van der Waals surface area (Å²) < 4.78 is 2.41. The van der Waals surface area contributed by atoms with Crippen molar-refractivity contribution >= 4 is 33.1 Å². The molecule has 0 spiro atoms. The number of aromatic nitrogens is 5. The Labute approximate surface area is 274 Å². The average molecular weight is 610 g/mol. The highest BCUT2D eigenvalue weighted by atomic mass is 15.0. The van der Waals surface area contributed by atoms with Gasteiger partial charge in [0, 0.05) is 34.4 Å². The van der Waals surface area contributed by atoms with Gasteiger partial charge in [0.05, 0.1) is 22.9 Å². The Morgan fingerprint density at radius 1 is 0.489 bits per heavy atom. The van der Waals surface area contributed by atoms with E-state index < -0.39 is 0 Å². The Morgan fingerprint density at radius 3 is 1.74 bits per heavy atom. The molecule has 3 heterocycles. The van der Waals surface area contributed by atoms with Gasteiger partial charge in [-0.3, -0.25) is 0 Å². The minimum absolute atomic E-state index is 0.550. The van der Waals surface area contributed by atoms with Gasteiger partial charge in [-0.25, -0.2) is 19.9 Å². The molecule has 3 aromatic heterocycles. The quantitative estimate of drug-likeness (QED) is 0.199. The Kier molecular flexibility index (Phi) is 6.73. The topological polar surface area (TPSA) is 56.5 Å². The standard InChI is InChI=1S/C42H35N5/c1-24-18-25(2)29(6)40(28(24)5)32-13-15-38-35(22-32)34-21-31(30-10-8-7-9-11-30)12-14-37(34)47(38)33-19-26(3)39(27(4)20-33)36-23-45-41-42(46-36)44-17-16-43-41/h7-23H,1-6H3. The van der Waals surface area contributed by atoms with Gasteiger partial charge in [-0.2, -0.15) is 0 Å². The Bertz CT molecular complexity index is 2480. The van der Waals surface area contributed by atoms with Crippen molar-refractivity contribution in [3.63, 3.8) is 0 Å². The molecular formula is C42H35N5. The molecule has 0 atom stereocenters. The van der Waals surface area contributed by atoms with E-state index in [4.69, 9.17) is 4.98 Å². The molecule has 8 aromatic rings. The average Bonchev–Trinajstić information content (AvgIpc) is 3.40. The molecule has 0 bridgehead atoms. The van der Waals surface area contributed by atoms with Crippen molar-refractivity contribution in [3.05, 3.63) is 137 Å². The largest absolute Gasteiger partial charge is 0.309 e. The summed E-state index contributed by atoms with van der Waals surface area (Å²) in [5, 5.41) is 2.48. The van der Waals surface area contributed by atoms with Crippen molar-refractivity contribution in [3.8, 4) is 39.2 Å². The summed E-state index contributed by atoms with van der Waals surface area (Å²) >= 11 is 0. The van der Waals surface area contributed by atoms with Gasteiger partial charge < -0.3 is 4.57 Å². The number of fused-ring (bicyclic) bond motifs is 4. The summed E-state index contributed by atoms with van der Waals surface area (Å²) in [5.74, 6) is 0. The van der Waals surface area contributed by atoms with Gasteiger partial charge in [-0.1, -0.05) is 48.5 Å². The van der Waals surface area contributed by atoms with Crippen LogP contribution in [0.15, 0.2) is 104 Å². The third-order valence-electron chi connectivity index (χ3n) is 9.75. The maximum atomic E-state index is 4.82. The van der Waals surface area contributed by atoms with Crippen LogP contribution in [-0.2, 0) is 0 Å². The summed E-state index contributed by atoms with van der Waals surface area (Å²) in [7, 11) is 0. The summed E-state index contributed by atoms with van der Waals surface area (Å²) in [6.45, 7) is 13.2. The molecule has 0 aliphatic rings. The first-order chi connectivity index (χ1) is 22.8. The molecule has 0 unspecified atom stereocenters. The second-order valence-corrected chi connectivity index (χ2v) is 12.7. The van der Waals surface area contributed by atoms with E-state index in [1.54, 1.807) is 18.6 Å². The van der Waals surface area contributed by atoms with E-state index >= 15 is 0 Å². The predicted octanol–water partition coefficient (Wildman–Crippen LogP) is 10.4. The number of benzene rings is 5. The normalized spacial score (nSPS) is 11.6. The second-order valence-electron chi connectivity index (χ2n) is 12.7. The predicted molar refractivity (Wildman–Crippen MR) is 194 cm³/mol. The van der Waals surface area contributed by atoms with Crippen LogP contribution >= 0.6 is 0 Å². The van der Waals surface area contributed by atoms with E-state index in [9.17, 15) is 0 Å². The zero-order valence-corrected chi connectivity index (χ0v) is 27.6. The molecule has 8 rings (SSSR count). The fourth-order valence-electron chi connectivity index (χ4n) is 7.27. The van der Waals surface area contributed by atoms with Crippen LogP contribution in [0.2, 0.25) is 0 Å². The third kappa shape index (κ3) is 4.69. The maximum Gasteiger partial charge on any atom is 0.198 e. The minimum atomic E-state index is 0.550. The van der Waals surface area contributed by atoms with E-state index in [2.05, 4.69) is 146 Å². The summed E-state index contributed by atoms with van der Waals surface area (Å²) in [6.07, 6.45) is 5.10. The first kappa shape index (κ1) is 28.8. The van der Waals surface area contributed by atoms with E-state index in [-0.39, 0.29) is 0 Å². The smallest absolute Gasteiger partial charge is 0.198 e. The monoisotopic (exact) mass is 609 g/mol. The molecule has 5 nitrogen and oxygen atoms in total. The Hall–Kier alpha value is -5.68. The van der Waals surface area contributed by atoms with Gasteiger partial charge in [-0.15, -0.1) is 0 Å². The maximum absolute atomic E-state index is 4.82. The molecule has 47 heavy (non-hydrogen) atoms. The zero-order chi connectivity index (χ0) is 32.4. The van der Waals surface area contributed by atoms with Crippen LogP contribution in [0.4, 0.5) is 0 Å². The Balaban J connectivity index is 1.37. The van der Waals surface area contributed by atoms with E-state index in [1.807, 2.05) is 0 Å². The van der Waals surface area contributed by atoms with E-state index in [1.165, 1.54) is 66.3 Å². The van der Waals surface area contributed by atoms with Crippen molar-refractivity contribution in [2.45, 2.75) is 41.5 Å². The number of hydrogen-bond acceptors (Lipinski definition) is 4. The van der Waals surface area contributed by atoms with Gasteiger partial charge in [0.1, 0.15) is 0 Å². The number of hydrogen-bond donors (Lipinski definition) is 0. The third-order valence-corrected chi connectivity index (χ3v) is 9.75. The molecule has 228 valence electrons. The minimum Gasteiger partial charge on any atom is -0.309 e. The molecular weight excluding hydrogens is 574 g/mol. The SMILES string of the molecule is Cc1cc(C)c(C)c(-c2ccc3c(c2)c2cc(-c4ccccc4)ccc2n3-c2cc(C)c(-c3cnc4nccnc4n3)c(C)c2)c1C. The summed E-state index contributed by atoms with van der Waals surface area (Å²) in [6, 6.07) is 31.3.